The number of nitrogens with zero attached hydrogens (tertiary/aromatic N) is 1. The summed E-state index contributed by atoms with van der Waals surface area (Å²) in [6.07, 6.45) is -3.59. The molecular weight excluding hydrogens is 265 g/mol. The quantitative estimate of drug-likeness (QED) is 0.784. The minimum Gasteiger partial charge on any atom is -0.481 e. The predicted octanol–water partition coefficient (Wildman–Crippen LogP) is 0.852. The fourth-order valence-corrected chi connectivity index (χ4v) is 2.17. The first kappa shape index (κ1) is 15.7. The SMILES string of the molecule is CCC1(C(=O)O)CCN(CC(=O)NCC(F)(F)F)C1. The van der Waals surface area contributed by atoms with E-state index in [-0.39, 0.29) is 13.1 Å². The standard InChI is InChI=1S/C11H17F3N2O3/c1-2-10(9(18)19)3-4-16(7-10)5-8(17)15-6-11(12,13)14/h2-7H2,1H3,(H,15,17)(H,18,19). The van der Waals surface area contributed by atoms with E-state index in [1.54, 1.807) is 17.1 Å². The van der Waals surface area contributed by atoms with Crippen LogP contribution in [-0.4, -0.2) is 54.2 Å². The lowest BCUT2D eigenvalue weighted by molar-refractivity contribution is -0.148. The number of carbonyl (C=O) groups is 2. The Hall–Kier alpha value is -1.31. The van der Waals surface area contributed by atoms with Crippen molar-refractivity contribution in [3.63, 3.8) is 0 Å². The number of nitrogens with one attached hydrogen (secondary N) is 1. The first-order chi connectivity index (χ1) is 8.68. The average Bonchev–Trinajstić information content (AvgIpc) is 2.70. The monoisotopic (exact) mass is 282 g/mol. The van der Waals surface area contributed by atoms with E-state index in [9.17, 15) is 22.8 Å². The number of hydrogen-bond donors (Lipinski definition) is 2. The third kappa shape index (κ3) is 4.38. The van der Waals surface area contributed by atoms with E-state index in [1.807, 2.05) is 0 Å². The molecule has 0 aromatic heterocycles. The highest BCUT2D eigenvalue weighted by Gasteiger charge is 2.43. The Kier molecular flexibility index (Phi) is 4.78. The van der Waals surface area contributed by atoms with Crippen LogP contribution in [0.2, 0.25) is 0 Å². The van der Waals surface area contributed by atoms with E-state index in [0.29, 0.717) is 19.4 Å². The molecule has 1 fully saturated rings. The van der Waals surface area contributed by atoms with Crippen LogP contribution >= 0.6 is 0 Å². The van der Waals surface area contributed by atoms with Gasteiger partial charge in [-0.05, 0) is 19.4 Å². The van der Waals surface area contributed by atoms with Crippen LogP contribution in [0.25, 0.3) is 0 Å². The Labute approximate surface area is 108 Å². The van der Waals surface area contributed by atoms with Gasteiger partial charge in [0.15, 0.2) is 0 Å². The zero-order valence-corrected chi connectivity index (χ0v) is 10.6. The zero-order chi connectivity index (χ0) is 14.7. The number of likely N-dealkylation sites (tertiary alicyclic amines) is 1. The molecule has 1 aliphatic rings. The molecule has 0 aromatic rings. The molecule has 19 heavy (non-hydrogen) atoms. The predicted molar refractivity (Wildman–Crippen MR) is 60.5 cm³/mol. The maximum absolute atomic E-state index is 11.9. The molecule has 0 aliphatic carbocycles. The molecule has 0 bridgehead atoms. The zero-order valence-electron chi connectivity index (χ0n) is 10.6. The lowest BCUT2D eigenvalue weighted by Gasteiger charge is -2.22. The topological polar surface area (TPSA) is 69.6 Å². The lowest BCUT2D eigenvalue weighted by atomic mass is 9.84. The van der Waals surface area contributed by atoms with E-state index in [4.69, 9.17) is 5.11 Å². The number of aliphatic carboxylic acids is 1. The molecular formula is C11H17F3N2O3. The van der Waals surface area contributed by atoms with Crippen molar-refractivity contribution in [2.24, 2.45) is 5.41 Å². The molecule has 1 saturated heterocycles. The number of halogens is 3. The fraction of sp³-hybridized carbons (Fsp3) is 0.818. The molecule has 1 unspecified atom stereocenters. The van der Waals surface area contributed by atoms with Gasteiger partial charge in [-0.3, -0.25) is 14.5 Å². The molecule has 0 radical (unpaired) electrons. The van der Waals surface area contributed by atoms with Crippen molar-refractivity contribution in [3.8, 4) is 0 Å². The molecule has 2 N–H and O–H groups in total. The third-order valence-electron chi connectivity index (χ3n) is 3.42. The van der Waals surface area contributed by atoms with Crippen LogP contribution in [-0.2, 0) is 9.59 Å². The Bertz CT molecular complexity index is 360. The summed E-state index contributed by atoms with van der Waals surface area (Å²) < 4.78 is 35.7. The van der Waals surface area contributed by atoms with Crippen LogP contribution in [0.3, 0.4) is 0 Å². The minimum absolute atomic E-state index is 0.193. The van der Waals surface area contributed by atoms with Gasteiger partial charge in [-0.1, -0.05) is 6.92 Å². The summed E-state index contributed by atoms with van der Waals surface area (Å²) in [4.78, 5) is 24.1. The van der Waals surface area contributed by atoms with E-state index >= 15 is 0 Å². The van der Waals surface area contributed by atoms with Gasteiger partial charge in [0.25, 0.3) is 0 Å². The molecule has 8 heteroatoms. The van der Waals surface area contributed by atoms with E-state index in [1.165, 1.54) is 0 Å². The van der Waals surface area contributed by atoms with Gasteiger partial charge in [-0.25, -0.2) is 0 Å². The third-order valence-corrected chi connectivity index (χ3v) is 3.42. The van der Waals surface area contributed by atoms with Crippen LogP contribution in [0, 0.1) is 5.41 Å². The number of carboxylic acids is 1. The highest BCUT2D eigenvalue weighted by atomic mass is 19.4. The summed E-state index contributed by atoms with van der Waals surface area (Å²) in [5.74, 6) is -1.66. The molecule has 1 heterocycles. The minimum atomic E-state index is -4.44. The summed E-state index contributed by atoms with van der Waals surface area (Å²) in [7, 11) is 0. The van der Waals surface area contributed by atoms with Crippen LogP contribution in [0.4, 0.5) is 13.2 Å². The Morgan fingerprint density at radius 3 is 2.47 bits per heavy atom. The van der Waals surface area contributed by atoms with Gasteiger partial charge in [-0.2, -0.15) is 13.2 Å². The Balaban J connectivity index is 2.44. The molecule has 0 aromatic carbocycles. The van der Waals surface area contributed by atoms with Gasteiger partial charge in [0.1, 0.15) is 6.54 Å². The molecule has 1 rings (SSSR count). The average molecular weight is 282 g/mol. The lowest BCUT2D eigenvalue weighted by Crippen LogP contribution is -2.42. The van der Waals surface area contributed by atoms with Crippen LogP contribution in [0.1, 0.15) is 19.8 Å². The van der Waals surface area contributed by atoms with Gasteiger partial charge >= 0.3 is 12.1 Å². The Morgan fingerprint density at radius 1 is 1.42 bits per heavy atom. The van der Waals surface area contributed by atoms with Crippen molar-refractivity contribution < 1.29 is 27.9 Å². The maximum Gasteiger partial charge on any atom is 0.405 e. The number of carbonyl (C=O) groups excluding carboxylic acids is 1. The Morgan fingerprint density at radius 2 is 2.05 bits per heavy atom. The summed E-state index contributed by atoms with van der Waals surface area (Å²) in [5, 5.41) is 10.9. The summed E-state index contributed by atoms with van der Waals surface area (Å²) in [6.45, 7) is 0.780. The summed E-state index contributed by atoms with van der Waals surface area (Å²) >= 11 is 0. The largest absolute Gasteiger partial charge is 0.481 e. The van der Waals surface area contributed by atoms with E-state index in [2.05, 4.69) is 0 Å². The molecule has 0 saturated carbocycles. The number of carboxylic acid groups (broad SMARTS) is 1. The summed E-state index contributed by atoms with van der Waals surface area (Å²) in [6, 6.07) is 0. The first-order valence-corrected chi connectivity index (χ1v) is 5.98. The molecule has 1 atom stereocenters. The van der Waals surface area contributed by atoms with Gasteiger partial charge < -0.3 is 10.4 Å². The normalized spacial score (nSPS) is 24.4. The van der Waals surface area contributed by atoms with Crippen molar-refractivity contribution in [1.29, 1.82) is 0 Å². The van der Waals surface area contributed by atoms with Crippen molar-refractivity contribution in [2.75, 3.05) is 26.2 Å². The second-order valence-electron chi connectivity index (χ2n) is 4.79. The van der Waals surface area contributed by atoms with Gasteiger partial charge in [0.2, 0.25) is 5.91 Å². The number of rotatable bonds is 5. The number of hydrogen-bond acceptors (Lipinski definition) is 3. The van der Waals surface area contributed by atoms with Gasteiger partial charge in [0, 0.05) is 6.54 Å². The molecule has 5 nitrogen and oxygen atoms in total. The van der Waals surface area contributed by atoms with Crippen molar-refractivity contribution in [1.82, 2.24) is 10.2 Å². The smallest absolute Gasteiger partial charge is 0.405 e. The molecule has 0 spiro atoms. The van der Waals surface area contributed by atoms with Gasteiger partial charge in [-0.15, -0.1) is 0 Å². The highest BCUT2D eigenvalue weighted by Crippen LogP contribution is 2.33. The van der Waals surface area contributed by atoms with Crippen LogP contribution < -0.4 is 5.32 Å². The first-order valence-electron chi connectivity index (χ1n) is 5.98. The van der Waals surface area contributed by atoms with E-state index < -0.39 is 30.0 Å². The van der Waals surface area contributed by atoms with Crippen LogP contribution in [0.15, 0.2) is 0 Å². The van der Waals surface area contributed by atoms with E-state index in [0.717, 1.165) is 0 Å². The number of amides is 1. The van der Waals surface area contributed by atoms with Crippen LogP contribution in [0.5, 0.6) is 0 Å². The van der Waals surface area contributed by atoms with Crippen molar-refractivity contribution >= 4 is 11.9 Å². The molecule has 110 valence electrons. The fourth-order valence-electron chi connectivity index (χ4n) is 2.17. The van der Waals surface area contributed by atoms with Crippen molar-refractivity contribution in [2.45, 2.75) is 25.9 Å². The number of alkyl halides is 3. The highest BCUT2D eigenvalue weighted by molar-refractivity contribution is 5.79. The second-order valence-corrected chi connectivity index (χ2v) is 4.79. The summed E-state index contributed by atoms with van der Waals surface area (Å²) in [5.41, 5.74) is -0.885. The second kappa shape index (κ2) is 5.77. The van der Waals surface area contributed by atoms with Crippen molar-refractivity contribution in [3.05, 3.63) is 0 Å². The van der Waals surface area contributed by atoms with Gasteiger partial charge in [0.05, 0.1) is 12.0 Å². The molecule has 1 amide bonds. The molecule has 1 aliphatic heterocycles. The maximum atomic E-state index is 11.9.